The van der Waals surface area contributed by atoms with E-state index in [0.29, 0.717) is 16.6 Å². The van der Waals surface area contributed by atoms with Crippen LogP contribution in [0.15, 0.2) is 59.6 Å². The Labute approximate surface area is 175 Å². The highest BCUT2D eigenvalue weighted by molar-refractivity contribution is 7.90. The van der Waals surface area contributed by atoms with Crippen molar-refractivity contribution >= 4 is 38.6 Å². The molecule has 0 unspecified atom stereocenters. The number of aromatic nitrogens is 1. The number of halogens is 1. The van der Waals surface area contributed by atoms with Crippen molar-refractivity contribution in [3.63, 3.8) is 0 Å². The van der Waals surface area contributed by atoms with E-state index in [-0.39, 0.29) is 26.1 Å². The van der Waals surface area contributed by atoms with Gasteiger partial charge in [-0.3, -0.25) is 4.79 Å². The van der Waals surface area contributed by atoms with E-state index in [9.17, 15) is 22.4 Å². The van der Waals surface area contributed by atoms with E-state index in [1.807, 2.05) is 0 Å². The lowest BCUT2D eigenvalue weighted by Gasteiger charge is -2.16. The van der Waals surface area contributed by atoms with Crippen LogP contribution in [0.3, 0.4) is 0 Å². The third-order valence-corrected chi connectivity index (χ3v) is 5.76. The Morgan fingerprint density at radius 1 is 1.17 bits per heavy atom. The van der Waals surface area contributed by atoms with Crippen LogP contribution in [0, 0.1) is 5.82 Å². The number of sulfonamides is 1. The molecule has 0 aliphatic carbocycles. The van der Waals surface area contributed by atoms with Crippen molar-refractivity contribution in [3.8, 4) is 0 Å². The molecule has 0 bridgehead atoms. The van der Waals surface area contributed by atoms with Gasteiger partial charge in [-0.05, 0) is 56.3 Å². The predicted octanol–water partition coefficient (Wildman–Crippen LogP) is 3.91. The smallest absolute Gasteiger partial charge is 0.421 e. The summed E-state index contributed by atoms with van der Waals surface area (Å²) in [5, 5.41) is 3.11. The molecule has 0 saturated carbocycles. The van der Waals surface area contributed by atoms with Gasteiger partial charge >= 0.3 is 6.09 Å². The number of nitrogens with zero attached hydrogens (tertiary/aromatic N) is 1. The van der Waals surface area contributed by atoms with Gasteiger partial charge in [0.1, 0.15) is 11.9 Å². The van der Waals surface area contributed by atoms with E-state index in [0.717, 1.165) is 0 Å². The third kappa shape index (κ3) is 4.43. The minimum atomic E-state index is -4.08. The molecule has 8 nitrogen and oxygen atoms in total. The Bertz CT molecular complexity index is 1200. The van der Waals surface area contributed by atoms with Crippen molar-refractivity contribution < 1.29 is 30.0 Å². The largest absolute Gasteiger partial charge is 0.449 e. The molecule has 3 aromatic rings. The summed E-state index contributed by atoms with van der Waals surface area (Å²) in [5.74, 6) is -0.732. The van der Waals surface area contributed by atoms with Crippen molar-refractivity contribution in [2.24, 2.45) is 0 Å². The molecule has 30 heavy (non-hydrogen) atoms. The second-order valence-electron chi connectivity index (χ2n) is 6.41. The van der Waals surface area contributed by atoms with Gasteiger partial charge in [0.25, 0.3) is 10.0 Å². The SMILES string of the molecule is CCOC(=O)NS(=O)(=O)c1ccc(NC(=O)[C@@H](C)n2ccc3c(F)cccc32)cc1.[HH].[HH]. The van der Waals surface area contributed by atoms with E-state index in [4.69, 9.17) is 0 Å². The van der Waals surface area contributed by atoms with Gasteiger partial charge in [-0.1, -0.05) is 6.07 Å². The van der Waals surface area contributed by atoms with Gasteiger partial charge in [-0.25, -0.2) is 22.3 Å². The standard InChI is InChI=1S/C20H20FN3O5S.2H2/c1-3-29-20(26)23-30(27,28)15-9-7-14(8-10-15)22-19(25)13(2)24-12-11-16-17(21)5-4-6-18(16)24;;/h4-13H,3H2,1-2H3,(H,22,25)(H,23,26);2*1H/t13-;;/m1../s1. The van der Waals surface area contributed by atoms with E-state index < -0.39 is 22.2 Å². The maximum absolute atomic E-state index is 13.9. The lowest BCUT2D eigenvalue weighted by molar-refractivity contribution is -0.118. The Morgan fingerprint density at radius 2 is 1.87 bits per heavy atom. The second-order valence-corrected chi connectivity index (χ2v) is 8.09. The number of benzene rings is 2. The molecule has 0 saturated heterocycles. The summed E-state index contributed by atoms with van der Waals surface area (Å²) in [6.45, 7) is 3.26. The van der Waals surface area contributed by atoms with E-state index in [1.165, 1.54) is 30.3 Å². The number of carbonyl (C=O) groups excluding carboxylic acids is 2. The van der Waals surface area contributed by atoms with Gasteiger partial charge in [0, 0.05) is 20.1 Å². The van der Waals surface area contributed by atoms with Crippen LogP contribution in [0.2, 0.25) is 0 Å². The zero-order valence-electron chi connectivity index (χ0n) is 16.3. The lowest BCUT2D eigenvalue weighted by atomic mass is 10.2. The van der Waals surface area contributed by atoms with Gasteiger partial charge in [0.2, 0.25) is 5.91 Å². The number of hydrogen-bond acceptors (Lipinski definition) is 5. The Morgan fingerprint density at radius 3 is 2.53 bits per heavy atom. The Balaban J connectivity index is 0.00000256. The number of ether oxygens (including phenoxy) is 1. The molecule has 2 aromatic carbocycles. The van der Waals surface area contributed by atoms with Crippen molar-refractivity contribution in [3.05, 3.63) is 60.5 Å². The normalized spacial score (nSPS) is 12.4. The average Bonchev–Trinajstić information content (AvgIpc) is 3.13. The fourth-order valence-electron chi connectivity index (χ4n) is 2.91. The molecule has 0 spiro atoms. The van der Waals surface area contributed by atoms with Crippen LogP contribution in [0.5, 0.6) is 0 Å². The second kappa shape index (κ2) is 8.54. The molecule has 1 aromatic heterocycles. The van der Waals surface area contributed by atoms with Crippen molar-refractivity contribution in [2.75, 3.05) is 11.9 Å². The van der Waals surface area contributed by atoms with Gasteiger partial charge in [-0.2, -0.15) is 0 Å². The maximum Gasteiger partial charge on any atom is 0.421 e. The van der Waals surface area contributed by atoms with Crippen LogP contribution in [0.25, 0.3) is 10.9 Å². The van der Waals surface area contributed by atoms with Crippen LogP contribution in [0.1, 0.15) is 22.7 Å². The molecular formula is C20H24FN3O5S. The van der Waals surface area contributed by atoms with Gasteiger partial charge in [-0.15, -0.1) is 0 Å². The van der Waals surface area contributed by atoms with Crippen LogP contribution >= 0.6 is 0 Å². The summed E-state index contributed by atoms with van der Waals surface area (Å²) in [7, 11) is -4.08. The molecule has 3 rings (SSSR count). The number of hydrogen-bond donors (Lipinski definition) is 2. The fourth-order valence-corrected chi connectivity index (χ4v) is 3.80. The molecule has 2 amide bonds. The predicted molar refractivity (Wildman–Crippen MR) is 113 cm³/mol. The van der Waals surface area contributed by atoms with Crippen molar-refractivity contribution in [2.45, 2.75) is 24.8 Å². The first kappa shape index (κ1) is 21.3. The number of nitrogens with one attached hydrogen (secondary N) is 2. The molecule has 0 aliphatic heterocycles. The number of amides is 2. The summed E-state index contributed by atoms with van der Waals surface area (Å²) in [4.78, 5) is 23.8. The van der Waals surface area contributed by atoms with Crippen LogP contribution in [0.4, 0.5) is 14.9 Å². The highest BCUT2D eigenvalue weighted by atomic mass is 32.2. The van der Waals surface area contributed by atoms with E-state index >= 15 is 0 Å². The van der Waals surface area contributed by atoms with Gasteiger partial charge < -0.3 is 14.6 Å². The highest BCUT2D eigenvalue weighted by Gasteiger charge is 2.20. The van der Waals surface area contributed by atoms with E-state index in [2.05, 4.69) is 10.1 Å². The molecule has 10 heteroatoms. The first-order valence-corrected chi connectivity index (χ1v) is 10.6. The number of carbonyl (C=O) groups is 2. The fraction of sp³-hybridized carbons (Fsp3) is 0.200. The molecule has 162 valence electrons. The summed E-state index contributed by atoms with van der Waals surface area (Å²) in [6, 6.07) is 10.9. The summed E-state index contributed by atoms with van der Waals surface area (Å²) >= 11 is 0. The molecule has 2 N–H and O–H groups in total. The Hall–Kier alpha value is -3.40. The zero-order valence-corrected chi connectivity index (χ0v) is 17.1. The average molecular weight is 437 g/mol. The Kier molecular flexibility index (Phi) is 6.06. The highest BCUT2D eigenvalue weighted by Crippen LogP contribution is 2.23. The van der Waals surface area contributed by atoms with Crippen LogP contribution in [-0.2, 0) is 19.6 Å². The molecule has 0 radical (unpaired) electrons. The zero-order chi connectivity index (χ0) is 21.9. The monoisotopic (exact) mass is 437 g/mol. The minimum Gasteiger partial charge on any atom is -0.449 e. The lowest BCUT2D eigenvalue weighted by Crippen LogP contribution is -2.31. The summed E-state index contributed by atoms with van der Waals surface area (Å²) in [6.07, 6.45) is 0.563. The molecule has 0 aliphatic rings. The molecule has 1 atom stereocenters. The molecular weight excluding hydrogens is 413 g/mol. The van der Waals surface area contributed by atoms with E-state index in [1.54, 1.807) is 47.5 Å². The molecule has 1 heterocycles. The minimum absolute atomic E-state index is 0. The number of fused-ring (bicyclic) bond motifs is 1. The topological polar surface area (TPSA) is 106 Å². The molecule has 0 fully saturated rings. The first-order chi connectivity index (χ1) is 14.2. The van der Waals surface area contributed by atoms with Crippen molar-refractivity contribution in [1.29, 1.82) is 0 Å². The summed E-state index contributed by atoms with van der Waals surface area (Å²) in [5.41, 5.74) is 0.953. The van der Waals surface area contributed by atoms with Gasteiger partial charge in [0.15, 0.2) is 0 Å². The number of rotatable bonds is 6. The number of anilines is 1. The van der Waals surface area contributed by atoms with Crippen LogP contribution < -0.4 is 10.0 Å². The quantitative estimate of drug-likeness (QED) is 0.608. The van der Waals surface area contributed by atoms with Crippen LogP contribution in [-0.4, -0.2) is 31.6 Å². The van der Waals surface area contributed by atoms with Crippen molar-refractivity contribution in [1.82, 2.24) is 9.29 Å². The first-order valence-electron chi connectivity index (χ1n) is 9.08. The maximum atomic E-state index is 13.9. The summed E-state index contributed by atoms with van der Waals surface area (Å²) < 4.78 is 46.1. The third-order valence-electron chi connectivity index (χ3n) is 4.43. The van der Waals surface area contributed by atoms with Gasteiger partial charge in [0.05, 0.1) is 17.0 Å².